The van der Waals surface area contributed by atoms with E-state index in [0.29, 0.717) is 23.8 Å². The second-order valence-electron chi connectivity index (χ2n) is 7.31. The Morgan fingerprint density at radius 2 is 1.62 bits per heavy atom. The van der Waals surface area contributed by atoms with Crippen LogP contribution >= 0.6 is 0 Å². The summed E-state index contributed by atoms with van der Waals surface area (Å²) < 4.78 is 16.3. The minimum absolute atomic E-state index is 0.200. The summed E-state index contributed by atoms with van der Waals surface area (Å²) in [6, 6.07) is 14.7. The van der Waals surface area contributed by atoms with E-state index in [-0.39, 0.29) is 5.41 Å². The molecule has 0 spiro atoms. The van der Waals surface area contributed by atoms with Crippen LogP contribution in [0.2, 0.25) is 0 Å². The van der Waals surface area contributed by atoms with Crippen molar-refractivity contribution in [2.24, 2.45) is 4.99 Å². The zero-order valence-corrected chi connectivity index (χ0v) is 17.7. The van der Waals surface area contributed by atoms with Crippen LogP contribution in [0.25, 0.3) is 0 Å². The van der Waals surface area contributed by atoms with Crippen molar-refractivity contribution in [1.82, 2.24) is 10.6 Å². The summed E-state index contributed by atoms with van der Waals surface area (Å²) in [6.07, 6.45) is 3.68. The van der Waals surface area contributed by atoms with Crippen molar-refractivity contribution >= 4 is 5.96 Å². The van der Waals surface area contributed by atoms with Crippen molar-refractivity contribution in [1.29, 1.82) is 0 Å². The van der Waals surface area contributed by atoms with Crippen LogP contribution in [-0.2, 0) is 12.0 Å². The van der Waals surface area contributed by atoms with Crippen molar-refractivity contribution in [3.63, 3.8) is 0 Å². The SMILES string of the molecule is CN=C(NCc1cc(OC)c(OC)c(OC)c1)NCC1(c2ccccc2)CCC1. The van der Waals surface area contributed by atoms with E-state index in [1.807, 2.05) is 12.1 Å². The standard InChI is InChI=1S/C23H31N3O3/c1-24-22(26-16-23(11-8-12-23)18-9-6-5-7-10-18)25-15-17-13-19(27-2)21(29-4)20(14-17)28-3/h5-7,9-10,13-14H,8,11-12,15-16H2,1-4H3,(H2,24,25,26). The van der Waals surface area contributed by atoms with Gasteiger partial charge < -0.3 is 24.8 Å². The first-order valence-corrected chi connectivity index (χ1v) is 9.94. The van der Waals surface area contributed by atoms with Crippen LogP contribution in [0.1, 0.15) is 30.4 Å². The first kappa shape index (κ1) is 20.8. The van der Waals surface area contributed by atoms with Crippen molar-refractivity contribution < 1.29 is 14.2 Å². The monoisotopic (exact) mass is 397 g/mol. The lowest BCUT2D eigenvalue weighted by Crippen LogP contribution is -2.48. The van der Waals surface area contributed by atoms with Gasteiger partial charge in [-0.2, -0.15) is 0 Å². The van der Waals surface area contributed by atoms with Gasteiger partial charge in [0.2, 0.25) is 5.75 Å². The van der Waals surface area contributed by atoms with Crippen LogP contribution in [0.4, 0.5) is 0 Å². The van der Waals surface area contributed by atoms with Crippen LogP contribution in [-0.4, -0.2) is 40.9 Å². The number of guanidine groups is 1. The Labute approximate surface area is 173 Å². The Morgan fingerprint density at radius 1 is 0.966 bits per heavy atom. The highest BCUT2D eigenvalue weighted by Crippen LogP contribution is 2.43. The maximum absolute atomic E-state index is 5.44. The van der Waals surface area contributed by atoms with Crippen LogP contribution in [0, 0.1) is 0 Å². The summed E-state index contributed by atoms with van der Waals surface area (Å²) in [7, 11) is 6.64. The molecule has 3 rings (SSSR count). The number of hydrogen-bond acceptors (Lipinski definition) is 4. The van der Waals surface area contributed by atoms with Gasteiger partial charge in [0, 0.05) is 25.6 Å². The summed E-state index contributed by atoms with van der Waals surface area (Å²) in [5.74, 6) is 2.66. The number of nitrogens with zero attached hydrogens (tertiary/aromatic N) is 1. The highest BCUT2D eigenvalue weighted by Gasteiger charge is 2.38. The number of nitrogens with one attached hydrogen (secondary N) is 2. The number of aliphatic imine (C=N–C) groups is 1. The van der Waals surface area contributed by atoms with Crippen molar-refractivity contribution in [3.8, 4) is 17.2 Å². The molecule has 0 saturated heterocycles. The third kappa shape index (κ3) is 4.58. The van der Waals surface area contributed by atoms with Gasteiger partial charge in [-0.3, -0.25) is 4.99 Å². The maximum atomic E-state index is 5.44. The smallest absolute Gasteiger partial charge is 0.203 e. The molecule has 0 heterocycles. The van der Waals surface area contributed by atoms with E-state index in [0.717, 1.165) is 18.1 Å². The van der Waals surface area contributed by atoms with Crippen LogP contribution < -0.4 is 24.8 Å². The van der Waals surface area contributed by atoms with Crippen LogP contribution in [0.5, 0.6) is 17.2 Å². The number of hydrogen-bond donors (Lipinski definition) is 2. The van der Waals surface area contributed by atoms with Gasteiger partial charge in [-0.1, -0.05) is 36.8 Å². The van der Waals surface area contributed by atoms with Gasteiger partial charge in [-0.05, 0) is 36.1 Å². The quantitative estimate of drug-likeness (QED) is 0.527. The minimum atomic E-state index is 0.200. The van der Waals surface area contributed by atoms with E-state index in [1.165, 1.54) is 24.8 Å². The summed E-state index contributed by atoms with van der Waals surface area (Å²) in [4.78, 5) is 4.38. The molecule has 0 aliphatic heterocycles. The molecule has 0 amide bonds. The van der Waals surface area contributed by atoms with Crippen LogP contribution in [0.3, 0.4) is 0 Å². The number of rotatable bonds is 8. The maximum Gasteiger partial charge on any atom is 0.203 e. The van der Waals surface area contributed by atoms with Gasteiger partial charge in [-0.25, -0.2) is 0 Å². The molecule has 0 unspecified atom stereocenters. The lowest BCUT2D eigenvalue weighted by atomic mass is 9.64. The summed E-state index contributed by atoms with van der Waals surface area (Å²) in [5, 5.41) is 6.90. The van der Waals surface area contributed by atoms with Gasteiger partial charge in [0.15, 0.2) is 17.5 Å². The molecule has 6 heteroatoms. The van der Waals surface area contributed by atoms with Crippen molar-refractivity contribution in [3.05, 3.63) is 53.6 Å². The zero-order chi connectivity index (χ0) is 20.7. The molecule has 2 aromatic carbocycles. The highest BCUT2D eigenvalue weighted by molar-refractivity contribution is 5.79. The molecule has 6 nitrogen and oxygen atoms in total. The molecule has 0 bridgehead atoms. The van der Waals surface area contributed by atoms with Crippen molar-refractivity contribution in [2.45, 2.75) is 31.2 Å². The topological polar surface area (TPSA) is 64.1 Å². The summed E-state index contributed by atoms with van der Waals surface area (Å²) in [5.41, 5.74) is 2.62. The molecule has 1 fully saturated rings. The fourth-order valence-electron chi connectivity index (χ4n) is 3.86. The second kappa shape index (κ2) is 9.54. The van der Waals surface area contributed by atoms with E-state index >= 15 is 0 Å². The molecule has 1 aliphatic carbocycles. The Balaban J connectivity index is 1.64. The van der Waals surface area contributed by atoms with E-state index < -0.39 is 0 Å². The fourth-order valence-corrected chi connectivity index (χ4v) is 3.86. The van der Waals surface area contributed by atoms with Gasteiger partial charge in [0.05, 0.1) is 21.3 Å². The molecule has 29 heavy (non-hydrogen) atoms. The second-order valence-corrected chi connectivity index (χ2v) is 7.31. The molecule has 0 aromatic heterocycles. The van der Waals surface area contributed by atoms with E-state index in [9.17, 15) is 0 Å². The van der Waals surface area contributed by atoms with Gasteiger partial charge >= 0.3 is 0 Å². The number of ether oxygens (including phenoxy) is 3. The zero-order valence-electron chi connectivity index (χ0n) is 17.7. The van der Waals surface area contributed by atoms with Gasteiger partial charge in [0.1, 0.15) is 0 Å². The molecule has 1 aliphatic rings. The van der Waals surface area contributed by atoms with Crippen LogP contribution in [0.15, 0.2) is 47.5 Å². The van der Waals surface area contributed by atoms with Gasteiger partial charge in [-0.15, -0.1) is 0 Å². The fraction of sp³-hybridized carbons (Fsp3) is 0.435. The molecule has 2 N–H and O–H groups in total. The lowest BCUT2D eigenvalue weighted by Gasteiger charge is -2.43. The Bertz CT molecular complexity index is 808. The molecule has 1 saturated carbocycles. The minimum Gasteiger partial charge on any atom is -0.493 e. The first-order valence-electron chi connectivity index (χ1n) is 9.94. The average Bonchev–Trinajstić information content (AvgIpc) is 2.74. The normalized spacial score (nSPS) is 15.2. The first-order chi connectivity index (χ1) is 14.2. The molecule has 0 atom stereocenters. The number of methoxy groups -OCH3 is 3. The molecule has 156 valence electrons. The number of benzene rings is 2. The lowest BCUT2D eigenvalue weighted by molar-refractivity contribution is 0.244. The molecular formula is C23H31N3O3. The summed E-state index contributed by atoms with van der Waals surface area (Å²) in [6.45, 7) is 1.46. The third-order valence-electron chi connectivity index (χ3n) is 5.70. The van der Waals surface area contributed by atoms with Gasteiger partial charge in [0.25, 0.3) is 0 Å². The van der Waals surface area contributed by atoms with E-state index in [4.69, 9.17) is 14.2 Å². The Morgan fingerprint density at radius 3 is 2.10 bits per heavy atom. The third-order valence-corrected chi connectivity index (χ3v) is 5.70. The Hall–Kier alpha value is -2.89. The molecular weight excluding hydrogens is 366 g/mol. The highest BCUT2D eigenvalue weighted by atomic mass is 16.5. The van der Waals surface area contributed by atoms with E-state index in [1.54, 1.807) is 28.4 Å². The average molecular weight is 398 g/mol. The predicted octanol–water partition coefficient (Wildman–Crippen LogP) is 3.50. The predicted molar refractivity (Wildman–Crippen MR) is 116 cm³/mol. The molecule has 0 radical (unpaired) electrons. The Kier molecular flexibility index (Phi) is 6.86. The largest absolute Gasteiger partial charge is 0.493 e. The van der Waals surface area contributed by atoms with Crippen molar-refractivity contribution in [2.75, 3.05) is 34.9 Å². The van der Waals surface area contributed by atoms with E-state index in [2.05, 4.69) is 46.0 Å². The summed E-state index contributed by atoms with van der Waals surface area (Å²) >= 11 is 0. The molecule has 2 aromatic rings.